The summed E-state index contributed by atoms with van der Waals surface area (Å²) < 4.78 is 5.90. The molecule has 0 fully saturated rings. The summed E-state index contributed by atoms with van der Waals surface area (Å²) in [7, 11) is 0. The van der Waals surface area contributed by atoms with Crippen LogP contribution in [0.4, 0.5) is 5.82 Å². The van der Waals surface area contributed by atoms with Crippen molar-refractivity contribution in [3.63, 3.8) is 0 Å². The van der Waals surface area contributed by atoms with E-state index in [0.717, 1.165) is 49.2 Å². The van der Waals surface area contributed by atoms with E-state index < -0.39 is 0 Å². The number of benzene rings is 1. The van der Waals surface area contributed by atoms with Gasteiger partial charge in [-0.3, -0.25) is 0 Å². The second-order valence-corrected chi connectivity index (χ2v) is 6.66. The first-order valence-electron chi connectivity index (χ1n) is 8.67. The lowest BCUT2D eigenvalue weighted by molar-refractivity contribution is 0.330. The zero-order chi connectivity index (χ0) is 16.9. The maximum Gasteiger partial charge on any atom is 0.140 e. The van der Waals surface area contributed by atoms with Crippen molar-refractivity contribution in [2.45, 2.75) is 46.0 Å². The molecule has 1 N–H and O–H groups in total. The molecule has 1 heterocycles. The van der Waals surface area contributed by atoms with E-state index in [-0.39, 0.29) is 0 Å². The van der Waals surface area contributed by atoms with Crippen molar-refractivity contribution in [1.82, 2.24) is 9.97 Å². The first-order valence-corrected chi connectivity index (χ1v) is 9.05. The van der Waals surface area contributed by atoms with E-state index in [1.807, 2.05) is 13.0 Å². The van der Waals surface area contributed by atoms with Gasteiger partial charge in [-0.25, -0.2) is 9.97 Å². The number of hydrogen-bond donors (Lipinski definition) is 1. The molecule has 1 aliphatic carbocycles. The van der Waals surface area contributed by atoms with E-state index in [1.54, 1.807) is 6.33 Å². The highest BCUT2D eigenvalue weighted by Gasteiger charge is 2.16. The second kappa shape index (κ2) is 7.84. The van der Waals surface area contributed by atoms with Crippen LogP contribution in [-0.4, -0.2) is 23.1 Å². The molecule has 0 amide bonds. The topological polar surface area (TPSA) is 47.0 Å². The molecule has 0 bridgehead atoms. The minimum absolute atomic E-state index is 0.548. The minimum Gasteiger partial charge on any atom is -0.490 e. The highest BCUT2D eigenvalue weighted by atomic mass is 35.5. The Hall–Kier alpha value is -1.81. The molecule has 0 radical (unpaired) electrons. The molecule has 0 saturated carbocycles. The molecule has 1 aromatic carbocycles. The smallest absolute Gasteiger partial charge is 0.140 e. The van der Waals surface area contributed by atoms with Gasteiger partial charge in [-0.1, -0.05) is 31.0 Å². The summed E-state index contributed by atoms with van der Waals surface area (Å²) in [5, 5.41) is 4.06. The predicted octanol–water partition coefficient (Wildman–Crippen LogP) is 4.37. The molecule has 24 heavy (non-hydrogen) atoms. The number of aromatic nitrogens is 2. The molecule has 3 rings (SSSR count). The van der Waals surface area contributed by atoms with Crippen LogP contribution in [0, 0.1) is 6.92 Å². The van der Waals surface area contributed by atoms with Crippen LogP contribution < -0.4 is 10.1 Å². The third-order valence-corrected chi connectivity index (χ3v) is 4.62. The van der Waals surface area contributed by atoms with Gasteiger partial charge in [-0.15, -0.1) is 0 Å². The first-order chi connectivity index (χ1) is 11.7. The van der Waals surface area contributed by atoms with Crippen molar-refractivity contribution in [2.75, 3.05) is 18.5 Å². The van der Waals surface area contributed by atoms with E-state index in [4.69, 9.17) is 16.3 Å². The van der Waals surface area contributed by atoms with Crippen molar-refractivity contribution in [3.05, 3.63) is 45.9 Å². The molecule has 128 valence electrons. The number of nitrogens with zero attached hydrogens (tertiary/aromatic N) is 2. The molecule has 1 aliphatic rings. The maximum atomic E-state index is 6.38. The van der Waals surface area contributed by atoms with Crippen molar-refractivity contribution in [3.8, 4) is 5.75 Å². The molecular formula is C19H24ClN3O. The average molecular weight is 346 g/mol. The lowest BCUT2D eigenvalue weighted by Crippen LogP contribution is -2.14. The van der Waals surface area contributed by atoms with Crippen LogP contribution in [0.3, 0.4) is 0 Å². The Morgan fingerprint density at radius 3 is 2.92 bits per heavy atom. The molecule has 1 aromatic heterocycles. The lowest BCUT2D eigenvalue weighted by atomic mass is 10.1. The number of anilines is 1. The third kappa shape index (κ3) is 3.81. The van der Waals surface area contributed by atoms with Crippen LogP contribution in [0.25, 0.3) is 0 Å². The van der Waals surface area contributed by atoms with Gasteiger partial charge in [0.25, 0.3) is 0 Å². The molecule has 4 nitrogen and oxygen atoms in total. The quantitative estimate of drug-likeness (QED) is 0.757. The summed E-state index contributed by atoms with van der Waals surface area (Å²) in [5.74, 6) is 1.73. The van der Waals surface area contributed by atoms with Crippen LogP contribution in [0.5, 0.6) is 5.75 Å². The van der Waals surface area contributed by atoms with Crippen LogP contribution in [0.2, 0.25) is 5.02 Å². The van der Waals surface area contributed by atoms with Crippen molar-refractivity contribution in [1.29, 1.82) is 0 Å². The highest BCUT2D eigenvalue weighted by molar-refractivity contribution is 6.32. The van der Waals surface area contributed by atoms with Crippen LogP contribution in [0.15, 0.2) is 18.5 Å². The number of halogens is 1. The summed E-state index contributed by atoms with van der Waals surface area (Å²) >= 11 is 6.38. The monoisotopic (exact) mass is 345 g/mol. The van der Waals surface area contributed by atoms with Gasteiger partial charge in [-0.2, -0.15) is 0 Å². The average Bonchev–Trinajstić information content (AvgIpc) is 3.03. The Balaban J connectivity index is 1.57. The summed E-state index contributed by atoms with van der Waals surface area (Å²) in [6.45, 7) is 5.46. The molecule has 2 aromatic rings. The van der Waals surface area contributed by atoms with E-state index in [0.29, 0.717) is 18.2 Å². The summed E-state index contributed by atoms with van der Waals surface area (Å²) in [4.78, 5) is 8.70. The van der Waals surface area contributed by atoms with Crippen molar-refractivity contribution in [2.24, 2.45) is 0 Å². The number of nitrogens with one attached hydrogen (secondary N) is 1. The zero-order valence-corrected chi connectivity index (χ0v) is 15.1. The molecule has 0 spiro atoms. The van der Waals surface area contributed by atoms with Gasteiger partial charge in [0.1, 0.15) is 24.5 Å². The van der Waals surface area contributed by atoms with Crippen LogP contribution in [-0.2, 0) is 19.3 Å². The van der Waals surface area contributed by atoms with Gasteiger partial charge < -0.3 is 10.1 Å². The second-order valence-electron chi connectivity index (χ2n) is 6.25. The van der Waals surface area contributed by atoms with Gasteiger partial charge in [-0.05, 0) is 49.8 Å². The van der Waals surface area contributed by atoms with Gasteiger partial charge in [0.2, 0.25) is 0 Å². The van der Waals surface area contributed by atoms with Crippen molar-refractivity contribution < 1.29 is 4.74 Å². The highest BCUT2D eigenvalue weighted by Crippen LogP contribution is 2.30. The Morgan fingerprint density at radius 1 is 1.25 bits per heavy atom. The van der Waals surface area contributed by atoms with E-state index in [2.05, 4.69) is 28.3 Å². The number of aryl methyl sites for hydroxylation is 3. The van der Waals surface area contributed by atoms with Gasteiger partial charge in [0, 0.05) is 11.3 Å². The summed E-state index contributed by atoms with van der Waals surface area (Å²) in [6.07, 6.45) is 7.08. The van der Waals surface area contributed by atoms with Gasteiger partial charge >= 0.3 is 0 Å². The Kier molecular flexibility index (Phi) is 5.56. The lowest BCUT2D eigenvalue weighted by Gasteiger charge is -2.14. The van der Waals surface area contributed by atoms with E-state index in [1.165, 1.54) is 16.8 Å². The fraction of sp³-hybridized carbons (Fsp3) is 0.474. The molecule has 0 saturated heterocycles. The van der Waals surface area contributed by atoms with E-state index in [9.17, 15) is 0 Å². The Labute approximate surface area is 148 Å². The number of hydrogen-bond acceptors (Lipinski definition) is 4. The number of rotatable bonds is 7. The largest absolute Gasteiger partial charge is 0.490 e. The first kappa shape index (κ1) is 17.0. The summed E-state index contributed by atoms with van der Waals surface area (Å²) in [6, 6.07) is 4.17. The van der Waals surface area contributed by atoms with Gasteiger partial charge in [0.15, 0.2) is 0 Å². The predicted molar refractivity (Wildman–Crippen MR) is 98.2 cm³/mol. The number of fused-ring (bicyclic) bond motifs is 1. The molecule has 5 heteroatoms. The Morgan fingerprint density at radius 2 is 2.12 bits per heavy atom. The standard InChI is InChI=1S/C19H24ClN3O/c1-3-5-14-10-13(2)18(16(20)11-14)24-9-8-21-19-15-6-4-7-17(15)22-12-23-19/h10-12H,3-9H2,1-2H3,(H,21,22,23). The molecule has 0 atom stereocenters. The normalized spacial score (nSPS) is 13.0. The van der Waals surface area contributed by atoms with Crippen LogP contribution in [0.1, 0.15) is 42.1 Å². The molecule has 0 aliphatic heterocycles. The van der Waals surface area contributed by atoms with Crippen molar-refractivity contribution >= 4 is 17.4 Å². The molecular weight excluding hydrogens is 322 g/mol. The van der Waals surface area contributed by atoms with E-state index >= 15 is 0 Å². The fourth-order valence-electron chi connectivity index (χ4n) is 3.25. The summed E-state index contributed by atoms with van der Waals surface area (Å²) in [5.41, 5.74) is 4.80. The van der Waals surface area contributed by atoms with Crippen LogP contribution >= 0.6 is 11.6 Å². The third-order valence-electron chi connectivity index (χ3n) is 4.34. The SMILES string of the molecule is CCCc1cc(C)c(OCCNc2ncnc3c2CCC3)c(Cl)c1. The zero-order valence-electron chi connectivity index (χ0n) is 14.4. The minimum atomic E-state index is 0.548. The van der Waals surface area contributed by atoms with Gasteiger partial charge in [0.05, 0.1) is 11.6 Å². The fourth-order valence-corrected chi connectivity index (χ4v) is 3.60. The maximum absolute atomic E-state index is 6.38. The Bertz CT molecular complexity index is 695. The molecule has 0 unspecified atom stereocenters. The number of ether oxygens (including phenoxy) is 1.